The van der Waals surface area contributed by atoms with Crippen LogP contribution in [-0.4, -0.2) is 34.7 Å². The van der Waals surface area contributed by atoms with Crippen molar-refractivity contribution in [1.82, 2.24) is 20.8 Å². The summed E-state index contributed by atoms with van der Waals surface area (Å²) in [5.41, 5.74) is 1.88. The van der Waals surface area contributed by atoms with Gasteiger partial charge in [-0.3, -0.25) is 4.79 Å². The van der Waals surface area contributed by atoms with E-state index >= 15 is 0 Å². The van der Waals surface area contributed by atoms with Crippen molar-refractivity contribution in [3.8, 4) is 22.8 Å². The van der Waals surface area contributed by atoms with Gasteiger partial charge in [-0.1, -0.05) is 41.0 Å². The molecule has 2 N–H and O–H groups in total. The van der Waals surface area contributed by atoms with Crippen LogP contribution in [0.3, 0.4) is 0 Å². The normalized spacial score (nSPS) is 18.7. The molecule has 0 saturated carbocycles. The van der Waals surface area contributed by atoms with Gasteiger partial charge < -0.3 is 15.2 Å². The van der Waals surface area contributed by atoms with Crippen LogP contribution in [0.15, 0.2) is 53.1 Å². The van der Waals surface area contributed by atoms with Crippen LogP contribution in [0.25, 0.3) is 22.8 Å². The van der Waals surface area contributed by atoms with Gasteiger partial charge in [-0.25, -0.2) is 0 Å². The lowest BCUT2D eigenvalue weighted by atomic mass is 9.98. The van der Waals surface area contributed by atoms with E-state index in [1.807, 2.05) is 30.3 Å². The zero-order valence-electron chi connectivity index (χ0n) is 15.9. The summed E-state index contributed by atoms with van der Waals surface area (Å²) in [7, 11) is 0. The van der Waals surface area contributed by atoms with Crippen LogP contribution in [0.5, 0.6) is 0 Å². The zero-order valence-corrected chi connectivity index (χ0v) is 17.5. The van der Waals surface area contributed by atoms with E-state index in [9.17, 15) is 4.79 Å². The largest absolute Gasteiger partial charge is 0.348 e. The summed E-state index contributed by atoms with van der Waals surface area (Å²) >= 11 is 6.05. The molecule has 3 aromatic rings. The maximum absolute atomic E-state index is 12.9. The van der Waals surface area contributed by atoms with Gasteiger partial charge in [0.05, 0.1) is 11.1 Å². The topological polar surface area (TPSA) is 80.0 Å². The molecule has 1 fully saturated rings. The molecule has 4 rings (SSSR count). The lowest BCUT2D eigenvalue weighted by Crippen LogP contribution is -2.51. The average molecular weight is 433 g/mol. The third kappa shape index (κ3) is 4.78. The summed E-state index contributed by atoms with van der Waals surface area (Å²) in [6, 6.07) is 14.8. The van der Waals surface area contributed by atoms with Crippen LogP contribution in [0, 0.1) is 0 Å². The Labute approximate surface area is 180 Å². The van der Waals surface area contributed by atoms with Crippen molar-refractivity contribution in [1.29, 1.82) is 0 Å². The minimum Gasteiger partial charge on any atom is -0.348 e. The number of nitrogens with one attached hydrogen (secondary N) is 2. The Balaban J connectivity index is 0.00000240. The molecule has 29 heavy (non-hydrogen) atoms. The summed E-state index contributed by atoms with van der Waals surface area (Å²) in [4.78, 5) is 17.4. The fourth-order valence-corrected chi connectivity index (χ4v) is 3.62. The van der Waals surface area contributed by atoms with Crippen molar-refractivity contribution >= 4 is 29.9 Å². The van der Waals surface area contributed by atoms with E-state index in [0.717, 1.165) is 24.9 Å². The fourth-order valence-electron chi connectivity index (χ4n) is 3.43. The Morgan fingerprint density at radius 2 is 2.07 bits per heavy atom. The molecule has 0 spiro atoms. The number of hydrogen-bond donors (Lipinski definition) is 2. The summed E-state index contributed by atoms with van der Waals surface area (Å²) in [5, 5.41) is 11.2. The van der Waals surface area contributed by atoms with Gasteiger partial charge in [0.1, 0.15) is 0 Å². The molecule has 1 saturated heterocycles. The third-order valence-corrected chi connectivity index (χ3v) is 5.22. The van der Waals surface area contributed by atoms with E-state index in [1.54, 1.807) is 18.2 Å². The molecule has 2 atom stereocenters. The van der Waals surface area contributed by atoms with Gasteiger partial charge in [0, 0.05) is 22.7 Å². The highest BCUT2D eigenvalue weighted by Crippen LogP contribution is 2.26. The Hall–Kier alpha value is -2.41. The Bertz CT molecular complexity index is 992. The molecule has 6 nitrogen and oxygen atoms in total. The number of carbonyl (C=O) groups is 1. The van der Waals surface area contributed by atoms with Gasteiger partial charge >= 0.3 is 0 Å². The van der Waals surface area contributed by atoms with Crippen molar-refractivity contribution in [2.75, 3.05) is 6.54 Å². The molecular weight excluding hydrogens is 411 g/mol. The Morgan fingerprint density at radius 1 is 1.24 bits per heavy atom. The molecule has 0 radical (unpaired) electrons. The zero-order chi connectivity index (χ0) is 19.5. The Morgan fingerprint density at radius 3 is 2.86 bits per heavy atom. The van der Waals surface area contributed by atoms with Crippen molar-refractivity contribution in [3.05, 3.63) is 59.1 Å². The van der Waals surface area contributed by atoms with Crippen LogP contribution in [-0.2, 0) is 0 Å². The van der Waals surface area contributed by atoms with Gasteiger partial charge in [-0.15, -0.1) is 12.4 Å². The second kappa shape index (κ2) is 9.39. The first kappa shape index (κ1) is 21.3. The number of carbonyl (C=O) groups excluding carboxylic acids is 1. The highest BCUT2D eigenvalue weighted by Gasteiger charge is 2.25. The highest BCUT2D eigenvalue weighted by molar-refractivity contribution is 6.30. The predicted molar refractivity (Wildman–Crippen MR) is 115 cm³/mol. The maximum atomic E-state index is 12.9. The van der Waals surface area contributed by atoms with E-state index < -0.39 is 0 Å². The number of amides is 1. The molecule has 0 bridgehead atoms. The van der Waals surface area contributed by atoms with Crippen LogP contribution < -0.4 is 10.6 Å². The lowest BCUT2D eigenvalue weighted by Gasteiger charge is -2.30. The SMILES string of the molecule is CC1NCCCC1NC(=O)c1ccccc1-c1nc(-c2cccc(Cl)c2)no1.Cl. The quantitative estimate of drug-likeness (QED) is 0.640. The molecule has 2 aromatic carbocycles. The summed E-state index contributed by atoms with van der Waals surface area (Å²) < 4.78 is 5.45. The van der Waals surface area contributed by atoms with Crippen molar-refractivity contribution in [2.24, 2.45) is 0 Å². The average Bonchev–Trinajstić information content (AvgIpc) is 3.20. The standard InChI is InChI=1S/C21H21ClN4O2.ClH/c1-13-18(10-5-11-23-13)24-20(27)16-8-2-3-9-17(16)21-25-19(26-28-21)14-6-4-7-15(22)12-14;/h2-4,6-9,12-13,18,23H,5,10-11H2,1H3,(H,24,27);1H. The van der Waals surface area contributed by atoms with Crippen LogP contribution in [0.2, 0.25) is 5.02 Å². The van der Waals surface area contributed by atoms with Crippen LogP contribution >= 0.6 is 24.0 Å². The molecule has 1 amide bonds. The first-order valence-corrected chi connectivity index (χ1v) is 9.73. The minimum absolute atomic E-state index is 0. The predicted octanol–water partition coefficient (Wildman–Crippen LogP) is 4.35. The molecular formula is C21H22Cl2N4O2. The molecule has 1 aromatic heterocycles. The fraction of sp³-hybridized carbons (Fsp3) is 0.286. The molecule has 2 heterocycles. The monoisotopic (exact) mass is 432 g/mol. The number of nitrogens with zero attached hydrogens (tertiary/aromatic N) is 2. The Kier molecular flexibility index (Phi) is 6.90. The lowest BCUT2D eigenvalue weighted by molar-refractivity contribution is 0.0920. The molecule has 152 valence electrons. The van der Waals surface area contributed by atoms with E-state index in [2.05, 4.69) is 27.7 Å². The molecule has 2 unspecified atom stereocenters. The number of halogens is 2. The van der Waals surface area contributed by atoms with Gasteiger partial charge in [-0.2, -0.15) is 4.98 Å². The third-order valence-electron chi connectivity index (χ3n) is 4.99. The molecule has 1 aliphatic heterocycles. The van der Waals surface area contributed by atoms with Gasteiger partial charge in [0.15, 0.2) is 0 Å². The number of benzene rings is 2. The number of aromatic nitrogens is 2. The summed E-state index contributed by atoms with van der Waals surface area (Å²) in [5.74, 6) is 0.590. The maximum Gasteiger partial charge on any atom is 0.259 e. The van der Waals surface area contributed by atoms with Crippen LogP contribution in [0.1, 0.15) is 30.1 Å². The minimum atomic E-state index is -0.140. The summed E-state index contributed by atoms with van der Waals surface area (Å²) in [6.07, 6.45) is 2.01. The highest BCUT2D eigenvalue weighted by atomic mass is 35.5. The molecule has 0 aliphatic carbocycles. The van der Waals surface area contributed by atoms with Crippen molar-refractivity contribution in [3.63, 3.8) is 0 Å². The second-order valence-electron chi connectivity index (χ2n) is 6.94. The smallest absolute Gasteiger partial charge is 0.259 e. The summed E-state index contributed by atoms with van der Waals surface area (Å²) in [6.45, 7) is 3.07. The molecule has 1 aliphatic rings. The molecule has 8 heteroatoms. The number of rotatable bonds is 4. The number of piperidine rings is 1. The second-order valence-corrected chi connectivity index (χ2v) is 7.38. The van der Waals surface area contributed by atoms with Gasteiger partial charge in [0.25, 0.3) is 11.8 Å². The number of hydrogen-bond acceptors (Lipinski definition) is 5. The van der Waals surface area contributed by atoms with Crippen LogP contribution in [0.4, 0.5) is 0 Å². The van der Waals surface area contributed by atoms with E-state index in [4.69, 9.17) is 16.1 Å². The van der Waals surface area contributed by atoms with E-state index in [1.165, 1.54) is 0 Å². The van der Waals surface area contributed by atoms with E-state index in [0.29, 0.717) is 27.9 Å². The first-order valence-electron chi connectivity index (χ1n) is 9.35. The van der Waals surface area contributed by atoms with E-state index in [-0.39, 0.29) is 30.4 Å². The van der Waals surface area contributed by atoms with Gasteiger partial charge in [-0.05, 0) is 50.6 Å². The van der Waals surface area contributed by atoms with Crippen molar-refractivity contribution < 1.29 is 9.32 Å². The van der Waals surface area contributed by atoms with Gasteiger partial charge in [0.2, 0.25) is 5.82 Å². The van der Waals surface area contributed by atoms with Crippen molar-refractivity contribution in [2.45, 2.75) is 31.8 Å². The first-order chi connectivity index (χ1) is 13.6.